The number of hydrogen-bond donors (Lipinski definition) is 1. The van der Waals surface area contributed by atoms with Gasteiger partial charge >= 0.3 is 0 Å². The summed E-state index contributed by atoms with van der Waals surface area (Å²) in [4.78, 5) is 14.7. The monoisotopic (exact) mass is 324 g/mol. The molecule has 1 amide bonds. The molecule has 1 N–H and O–H groups in total. The van der Waals surface area contributed by atoms with E-state index in [1.807, 2.05) is 4.90 Å². The molecule has 1 saturated heterocycles. The van der Waals surface area contributed by atoms with E-state index >= 15 is 0 Å². The Morgan fingerprint density at radius 1 is 1.23 bits per heavy atom. The Balaban J connectivity index is 0.00000144. The van der Waals surface area contributed by atoms with Gasteiger partial charge in [0.2, 0.25) is 5.91 Å². The van der Waals surface area contributed by atoms with Gasteiger partial charge in [-0.05, 0) is 37.8 Å². The van der Waals surface area contributed by atoms with E-state index < -0.39 is 0 Å². The number of hydrogen-bond acceptors (Lipinski definition) is 3. The normalized spacial score (nSPS) is 36.6. The smallest absolute Gasteiger partial charge is 0.226 e. The quantitative estimate of drug-likeness (QED) is 0.930. The molecular formula is C17H25ClN2O2. The highest BCUT2D eigenvalue weighted by molar-refractivity contribution is 5.85. The molecule has 1 aromatic heterocycles. The zero-order valence-electron chi connectivity index (χ0n) is 13.2. The second kappa shape index (κ2) is 5.89. The van der Waals surface area contributed by atoms with Gasteiger partial charge in [0.15, 0.2) is 0 Å². The standard InChI is InChI=1S/C17H24N2O2.ClH/c1-10-7-12(10)15-3-4-16(21-15)13-8-14(13)17(20)19-6-5-18-9-11(19)2;/h3-4,10-14,18H,5-9H2,1-2H3;1H/t10?,11-,12?,13?,14?;/m0./s1. The molecule has 5 heteroatoms. The van der Waals surface area contributed by atoms with E-state index in [9.17, 15) is 4.79 Å². The average Bonchev–Trinajstić information content (AvgIpc) is 3.38. The number of nitrogens with zero attached hydrogens (tertiary/aromatic N) is 1. The molecule has 22 heavy (non-hydrogen) atoms. The maximum absolute atomic E-state index is 12.6. The highest BCUT2D eigenvalue weighted by Gasteiger charge is 2.49. The third-order valence-electron chi connectivity index (χ3n) is 5.38. The van der Waals surface area contributed by atoms with Crippen LogP contribution in [0.3, 0.4) is 0 Å². The number of halogens is 1. The fourth-order valence-corrected chi connectivity index (χ4v) is 3.65. The largest absolute Gasteiger partial charge is 0.465 e. The molecular weight excluding hydrogens is 300 g/mol. The van der Waals surface area contributed by atoms with Gasteiger partial charge in [0.05, 0.1) is 0 Å². The summed E-state index contributed by atoms with van der Waals surface area (Å²) in [5.74, 6) is 4.36. The zero-order chi connectivity index (χ0) is 14.6. The highest BCUT2D eigenvalue weighted by Crippen LogP contribution is 2.52. The van der Waals surface area contributed by atoms with Crippen LogP contribution in [0.1, 0.15) is 50.0 Å². The molecule has 5 atom stereocenters. The molecule has 1 aromatic rings. The van der Waals surface area contributed by atoms with Gasteiger partial charge in [-0.2, -0.15) is 0 Å². The molecule has 4 nitrogen and oxygen atoms in total. The highest BCUT2D eigenvalue weighted by atomic mass is 35.5. The lowest BCUT2D eigenvalue weighted by Crippen LogP contribution is -2.52. The molecule has 3 aliphatic rings. The van der Waals surface area contributed by atoms with Gasteiger partial charge in [0.1, 0.15) is 11.5 Å². The third kappa shape index (κ3) is 2.79. The van der Waals surface area contributed by atoms with Crippen molar-refractivity contribution in [1.82, 2.24) is 10.2 Å². The second-order valence-electron chi connectivity index (χ2n) is 7.09. The van der Waals surface area contributed by atoms with Gasteiger partial charge in [-0.3, -0.25) is 4.79 Å². The Labute approximate surface area is 138 Å². The van der Waals surface area contributed by atoms with Crippen LogP contribution in [0.15, 0.2) is 16.5 Å². The summed E-state index contributed by atoms with van der Waals surface area (Å²) >= 11 is 0. The van der Waals surface area contributed by atoms with E-state index in [4.69, 9.17) is 4.42 Å². The first-order valence-corrected chi connectivity index (χ1v) is 8.26. The van der Waals surface area contributed by atoms with Crippen LogP contribution in [-0.2, 0) is 4.79 Å². The van der Waals surface area contributed by atoms with Crippen LogP contribution in [-0.4, -0.2) is 36.5 Å². The molecule has 0 bridgehead atoms. The van der Waals surface area contributed by atoms with Crippen molar-refractivity contribution in [2.75, 3.05) is 19.6 Å². The van der Waals surface area contributed by atoms with Crippen molar-refractivity contribution in [3.8, 4) is 0 Å². The van der Waals surface area contributed by atoms with Crippen LogP contribution in [0.4, 0.5) is 0 Å². The lowest BCUT2D eigenvalue weighted by molar-refractivity contribution is -0.135. The summed E-state index contributed by atoms with van der Waals surface area (Å²) < 4.78 is 6.01. The molecule has 122 valence electrons. The number of carbonyl (C=O) groups is 1. The first-order chi connectivity index (χ1) is 10.1. The Morgan fingerprint density at radius 3 is 2.55 bits per heavy atom. The van der Waals surface area contributed by atoms with Crippen molar-refractivity contribution in [3.63, 3.8) is 0 Å². The average molecular weight is 325 g/mol. The molecule has 2 saturated carbocycles. The number of carbonyl (C=O) groups excluding carboxylic acids is 1. The minimum absolute atomic E-state index is 0. The SMILES string of the molecule is CC1CC1c1ccc(C2CC2C(=O)N2CCNC[C@@H]2C)o1.Cl. The van der Waals surface area contributed by atoms with Crippen LogP contribution in [0, 0.1) is 11.8 Å². The first kappa shape index (κ1) is 15.9. The maximum atomic E-state index is 12.6. The maximum Gasteiger partial charge on any atom is 0.226 e. The van der Waals surface area contributed by atoms with E-state index in [-0.39, 0.29) is 18.3 Å². The Bertz CT molecular complexity index is 559. The van der Waals surface area contributed by atoms with E-state index in [2.05, 4.69) is 31.3 Å². The molecule has 4 rings (SSSR count). The lowest BCUT2D eigenvalue weighted by atomic mass is 10.1. The molecule has 0 aromatic carbocycles. The molecule has 4 unspecified atom stereocenters. The number of amides is 1. The molecule has 3 fully saturated rings. The van der Waals surface area contributed by atoms with Crippen LogP contribution >= 0.6 is 12.4 Å². The summed E-state index contributed by atoms with van der Waals surface area (Å²) in [7, 11) is 0. The Morgan fingerprint density at radius 2 is 1.91 bits per heavy atom. The van der Waals surface area contributed by atoms with Gasteiger partial charge < -0.3 is 14.6 Å². The fraction of sp³-hybridized carbons (Fsp3) is 0.706. The van der Waals surface area contributed by atoms with Crippen LogP contribution < -0.4 is 5.32 Å². The molecule has 1 aliphatic heterocycles. The van der Waals surface area contributed by atoms with E-state index in [1.54, 1.807) is 0 Å². The van der Waals surface area contributed by atoms with E-state index in [0.717, 1.165) is 43.5 Å². The number of nitrogens with one attached hydrogen (secondary N) is 1. The van der Waals surface area contributed by atoms with Crippen molar-refractivity contribution in [3.05, 3.63) is 23.7 Å². The topological polar surface area (TPSA) is 45.5 Å². The fourth-order valence-electron chi connectivity index (χ4n) is 3.65. The van der Waals surface area contributed by atoms with Crippen LogP contribution in [0.2, 0.25) is 0 Å². The minimum Gasteiger partial charge on any atom is -0.465 e. The Kier molecular flexibility index (Phi) is 4.25. The zero-order valence-corrected chi connectivity index (χ0v) is 14.1. The minimum atomic E-state index is 0. The summed E-state index contributed by atoms with van der Waals surface area (Å²) in [6.45, 7) is 7.06. The van der Waals surface area contributed by atoms with Gasteiger partial charge in [-0.15, -0.1) is 12.4 Å². The second-order valence-corrected chi connectivity index (χ2v) is 7.09. The van der Waals surface area contributed by atoms with Gasteiger partial charge in [0.25, 0.3) is 0 Å². The van der Waals surface area contributed by atoms with Gasteiger partial charge in [-0.25, -0.2) is 0 Å². The van der Waals surface area contributed by atoms with E-state index in [1.165, 1.54) is 6.42 Å². The lowest BCUT2D eigenvalue weighted by Gasteiger charge is -2.34. The summed E-state index contributed by atoms with van der Waals surface area (Å²) in [6.07, 6.45) is 2.21. The van der Waals surface area contributed by atoms with Crippen LogP contribution in [0.25, 0.3) is 0 Å². The summed E-state index contributed by atoms with van der Waals surface area (Å²) in [6, 6.07) is 4.53. The number of piperazine rings is 1. The predicted octanol–water partition coefficient (Wildman–Crippen LogP) is 2.75. The van der Waals surface area contributed by atoms with Crippen molar-refractivity contribution < 1.29 is 9.21 Å². The summed E-state index contributed by atoms with van der Waals surface area (Å²) in [5.41, 5.74) is 0. The van der Waals surface area contributed by atoms with Gasteiger partial charge in [-0.1, -0.05) is 6.92 Å². The first-order valence-electron chi connectivity index (χ1n) is 8.26. The third-order valence-corrected chi connectivity index (χ3v) is 5.38. The summed E-state index contributed by atoms with van der Waals surface area (Å²) in [5, 5.41) is 3.34. The van der Waals surface area contributed by atoms with Crippen molar-refractivity contribution >= 4 is 18.3 Å². The molecule has 2 aliphatic carbocycles. The predicted molar refractivity (Wildman–Crippen MR) is 87.4 cm³/mol. The van der Waals surface area contributed by atoms with Gasteiger partial charge in [0, 0.05) is 43.4 Å². The number of rotatable bonds is 3. The molecule has 0 spiro atoms. The van der Waals surface area contributed by atoms with E-state index in [0.29, 0.717) is 23.8 Å². The van der Waals surface area contributed by atoms with Crippen molar-refractivity contribution in [1.29, 1.82) is 0 Å². The molecule has 0 radical (unpaired) electrons. The van der Waals surface area contributed by atoms with Crippen molar-refractivity contribution in [2.45, 2.75) is 44.6 Å². The van der Waals surface area contributed by atoms with Crippen molar-refractivity contribution in [2.24, 2.45) is 11.8 Å². The Hall–Kier alpha value is -1.00. The molecule has 2 heterocycles. The van der Waals surface area contributed by atoms with Crippen LogP contribution in [0.5, 0.6) is 0 Å². The number of furan rings is 1.